The highest BCUT2D eigenvalue weighted by Gasteiger charge is 2.71. The lowest BCUT2D eigenvalue weighted by Gasteiger charge is -2.36. The lowest BCUT2D eigenvalue weighted by atomic mass is 10.8. The molecule has 0 saturated carbocycles. The van der Waals surface area contributed by atoms with Gasteiger partial charge in [0, 0.05) is 28.4 Å². The van der Waals surface area contributed by atoms with Crippen molar-refractivity contribution in [1.29, 1.82) is 0 Å². The third-order valence-corrected chi connectivity index (χ3v) is 10.6. The van der Waals surface area contributed by atoms with E-state index < -0.39 is 25.4 Å². The van der Waals surface area contributed by atoms with Crippen LogP contribution in [-0.4, -0.2) is 49.5 Å². The molecule has 1 N–H and O–H groups in total. The van der Waals surface area contributed by atoms with Gasteiger partial charge in [0.25, 0.3) is 0 Å². The molecule has 8 nitrogen and oxygen atoms in total. The minimum absolute atomic E-state index is 0.180. The largest absolute Gasteiger partial charge is 0.479 e. The minimum Gasteiger partial charge on any atom is -0.479 e. The fraction of sp³-hybridized carbons (Fsp3) is 0.875. The number of carboxylic acids is 1. The zero-order valence-corrected chi connectivity index (χ0v) is 13.9. The number of carbonyl (C=O) groups is 1. The van der Waals surface area contributed by atoms with Crippen molar-refractivity contribution in [2.75, 3.05) is 34.2 Å². The van der Waals surface area contributed by atoms with Crippen LogP contribution in [0.1, 0.15) is 6.92 Å². The van der Waals surface area contributed by atoms with Gasteiger partial charge in [0.05, 0.1) is 0 Å². The van der Waals surface area contributed by atoms with Gasteiger partial charge in [-0.3, -0.25) is 9.13 Å². The second kappa shape index (κ2) is 7.22. The summed E-state index contributed by atoms with van der Waals surface area (Å²) in [5, 5.41) is 9.47. The summed E-state index contributed by atoms with van der Waals surface area (Å²) in [5.74, 6) is -1.47. The number of aliphatic carboxylic acids is 1. The molecule has 0 aliphatic heterocycles. The monoisotopic (exact) mass is 336 g/mol. The molecule has 114 valence electrons. The fourth-order valence-electron chi connectivity index (χ4n) is 1.45. The van der Waals surface area contributed by atoms with Crippen molar-refractivity contribution in [2.24, 2.45) is 0 Å². The molecule has 0 radical (unpaired) electrons. The highest BCUT2D eigenvalue weighted by molar-refractivity contribution is 8.15. The Labute approximate surface area is 116 Å². The number of hydrogen-bond acceptors (Lipinski definition) is 8. The van der Waals surface area contributed by atoms with Gasteiger partial charge in [0.1, 0.15) is 0 Å². The van der Waals surface area contributed by atoms with Crippen LogP contribution in [0.25, 0.3) is 0 Å². The van der Waals surface area contributed by atoms with Gasteiger partial charge in [-0.05, 0) is 5.75 Å². The zero-order chi connectivity index (χ0) is 15.3. The van der Waals surface area contributed by atoms with E-state index >= 15 is 0 Å². The topological polar surface area (TPSA) is 108 Å². The molecule has 0 fully saturated rings. The summed E-state index contributed by atoms with van der Waals surface area (Å²) in [6.45, 7) is 1.60. The van der Waals surface area contributed by atoms with E-state index in [1.165, 1.54) is 0 Å². The van der Waals surface area contributed by atoms with E-state index in [9.17, 15) is 19.0 Å². The summed E-state index contributed by atoms with van der Waals surface area (Å²) in [5.41, 5.74) is 0. The summed E-state index contributed by atoms with van der Waals surface area (Å²) in [7, 11) is -4.57. The molecule has 0 bridgehead atoms. The molecule has 0 atom stereocenters. The van der Waals surface area contributed by atoms with Crippen molar-refractivity contribution in [3.8, 4) is 0 Å². The smallest absolute Gasteiger partial charge is 0.370 e. The molecule has 0 aromatic rings. The van der Waals surface area contributed by atoms with E-state index in [0.717, 1.165) is 28.4 Å². The van der Waals surface area contributed by atoms with Gasteiger partial charge in [-0.1, -0.05) is 6.92 Å². The first kappa shape index (κ1) is 19.1. The van der Waals surface area contributed by atoms with Crippen molar-refractivity contribution >= 4 is 32.9 Å². The average molecular weight is 336 g/mol. The maximum atomic E-state index is 12.6. The van der Waals surface area contributed by atoms with Gasteiger partial charge >= 0.3 is 25.4 Å². The maximum absolute atomic E-state index is 12.6. The van der Waals surface area contributed by atoms with Crippen molar-refractivity contribution in [3.63, 3.8) is 0 Å². The maximum Gasteiger partial charge on any atom is 0.370 e. The first-order chi connectivity index (χ1) is 8.75. The predicted octanol–water partition coefficient (Wildman–Crippen LogP) is 2.45. The summed E-state index contributed by atoms with van der Waals surface area (Å²) < 4.78 is 41.6. The molecule has 0 rings (SSSR count). The van der Waals surface area contributed by atoms with Crippen LogP contribution in [0.3, 0.4) is 0 Å². The molecular weight excluding hydrogens is 318 g/mol. The van der Waals surface area contributed by atoms with Gasteiger partial charge in [-0.15, -0.1) is 11.8 Å². The molecule has 0 saturated heterocycles. The molecule has 0 heterocycles. The first-order valence-corrected chi connectivity index (χ1v) is 9.12. The minimum atomic E-state index is -4.30. The number of carboxylic acid groups (broad SMARTS) is 1. The molecule has 0 spiro atoms. The Bertz CT molecular complexity index is 370. The van der Waals surface area contributed by atoms with Crippen molar-refractivity contribution in [2.45, 2.75) is 11.2 Å². The normalized spacial score (nSPS) is 13.5. The van der Waals surface area contributed by atoms with Crippen molar-refractivity contribution in [1.82, 2.24) is 0 Å². The van der Waals surface area contributed by atoms with Crippen LogP contribution in [0.2, 0.25) is 0 Å². The van der Waals surface area contributed by atoms with E-state index in [1.54, 1.807) is 6.92 Å². The Morgan fingerprint density at radius 1 is 1.05 bits per heavy atom. The lowest BCUT2D eigenvalue weighted by molar-refractivity contribution is -0.136. The molecule has 19 heavy (non-hydrogen) atoms. The van der Waals surface area contributed by atoms with Gasteiger partial charge in [-0.25, -0.2) is 4.79 Å². The summed E-state index contributed by atoms with van der Waals surface area (Å²) in [6.07, 6.45) is 0. The van der Waals surface area contributed by atoms with Gasteiger partial charge in [-0.2, -0.15) is 0 Å². The second-order valence-electron chi connectivity index (χ2n) is 3.07. The summed E-state index contributed by atoms with van der Waals surface area (Å²) in [4.78, 5) is 11.7. The quantitative estimate of drug-likeness (QED) is 0.635. The number of hydrogen-bond donors (Lipinski definition) is 1. The lowest BCUT2D eigenvalue weighted by Crippen LogP contribution is -2.37. The van der Waals surface area contributed by atoms with Gasteiger partial charge in [0.15, 0.2) is 0 Å². The van der Waals surface area contributed by atoms with Crippen LogP contribution < -0.4 is 0 Å². The molecule has 0 aliphatic carbocycles. The highest BCUT2D eigenvalue weighted by Crippen LogP contribution is 2.81. The Hall–Kier alpha value is 0.120. The molecule has 0 unspecified atom stereocenters. The van der Waals surface area contributed by atoms with Gasteiger partial charge in [0.2, 0.25) is 0 Å². The first-order valence-electron chi connectivity index (χ1n) is 5.05. The SMILES string of the molecule is CCSC(C(=O)O)(P(=O)(OC)OC)P(=O)(OC)OC. The number of rotatable bonds is 9. The molecule has 0 aliphatic rings. The standard InChI is InChI=1S/C8H18O8P2S/c1-6-19-8(7(9)10,17(11,13-2)14-3)18(12,15-4)16-5/h6H2,1-5H3,(H,9,10). The molecule has 0 aromatic carbocycles. The molecule has 0 aromatic heterocycles. The third kappa shape index (κ3) is 2.93. The van der Waals surface area contributed by atoms with Crippen LogP contribution >= 0.6 is 27.0 Å². The molecule has 0 amide bonds. The summed E-state index contributed by atoms with van der Waals surface area (Å²) >= 11 is 0.618. The Morgan fingerprint density at radius 3 is 1.53 bits per heavy atom. The summed E-state index contributed by atoms with van der Waals surface area (Å²) in [6, 6.07) is 0. The number of thioether (sulfide) groups is 1. The van der Waals surface area contributed by atoms with Crippen LogP contribution in [0.5, 0.6) is 0 Å². The molecule has 11 heteroatoms. The predicted molar refractivity (Wildman–Crippen MR) is 71.7 cm³/mol. The average Bonchev–Trinajstić information content (AvgIpc) is 2.42. The van der Waals surface area contributed by atoms with E-state index in [4.69, 9.17) is 18.1 Å². The Balaban J connectivity index is 6.36. The van der Waals surface area contributed by atoms with Crippen molar-refractivity contribution in [3.05, 3.63) is 0 Å². The van der Waals surface area contributed by atoms with E-state index in [-0.39, 0.29) is 5.75 Å². The third-order valence-electron chi connectivity index (χ3n) is 2.33. The highest BCUT2D eigenvalue weighted by atomic mass is 32.2. The fourth-order valence-corrected chi connectivity index (χ4v) is 8.85. The van der Waals surface area contributed by atoms with E-state index in [1.807, 2.05) is 0 Å². The van der Waals surface area contributed by atoms with E-state index in [0.29, 0.717) is 11.8 Å². The Kier molecular flexibility index (Phi) is 7.27. The van der Waals surface area contributed by atoms with Crippen LogP contribution in [0, 0.1) is 0 Å². The van der Waals surface area contributed by atoms with Crippen LogP contribution in [0.4, 0.5) is 0 Å². The molecular formula is C8H18O8P2S. The van der Waals surface area contributed by atoms with Gasteiger partial charge < -0.3 is 23.2 Å². The zero-order valence-electron chi connectivity index (χ0n) is 11.3. The van der Waals surface area contributed by atoms with Crippen LogP contribution in [-0.2, 0) is 32.0 Å². The second-order valence-corrected chi connectivity index (χ2v) is 10.3. The van der Waals surface area contributed by atoms with Crippen LogP contribution in [0.15, 0.2) is 0 Å². The van der Waals surface area contributed by atoms with Crippen molar-refractivity contribution < 1.29 is 37.1 Å². The van der Waals surface area contributed by atoms with E-state index in [2.05, 4.69) is 0 Å². The Morgan fingerprint density at radius 2 is 1.37 bits per heavy atom.